The second kappa shape index (κ2) is 12.3. The molecule has 0 aromatic heterocycles. The number of Topliss-reactive ketones (excluding diaryl/α,β-unsaturated/α-hetero) is 1. The summed E-state index contributed by atoms with van der Waals surface area (Å²) in [7, 11) is 0. The Morgan fingerprint density at radius 2 is 1.40 bits per heavy atom. The fraction of sp³-hybridized carbons (Fsp3) is 0.394. The van der Waals surface area contributed by atoms with Gasteiger partial charge in [0.25, 0.3) is 5.91 Å². The molecule has 1 saturated heterocycles. The molecule has 1 aliphatic rings. The Morgan fingerprint density at radius 1 is 0.833 bits per heavy atom. The van der Waals surface area contributed by atoms with Gasteiger partial charge in [-0.1, -0.05) is 44.2 Å². The van der Waals surface area contributed by atoms with Crippen LogP contribution in [0.1, 0.15) is 84.5 Å². The van der Waals surface area contributed by atoms with Gasteiger partial charge in [0, 0.05) is 30.5 Å². The molecular weight excluding hydrogens is 556 g/mol. The van der Waals surface area contributed by atoms with Gasteiger partial charge in [0.2, 0.25) is 0 Å². The van der Waals surface area contributed by atoms with E-state index in [9.17, 15) is 35.9 Å². The van der Waals surface area contributed by atoms with Crippen molar-refractivity contribution in [3.63, 3.8) is 0 Å². The lowest BCUT2D eigenvalue weighted by atomic mass is 9.82. The van der Waals surface area contributed by atoms with Crippen molar-refractivity contribution in [2.24, 2.45) is 5.92 Å². The molecule has 1 fully saturated rings. The molecule has 2 atom stereocenters. The van der Waals surface area contributed by atoms with Gasteiger partial charge in [-0.15, -0.1) is 0 Å². The molecule has 0 N–H and O–H groups in total. The van der Waals surface area contributed by atoms with Crippen molar-refractivity contribution < 1.29 is 35.9 Å². The van der Waals surface area contributed by atoms with E-state index in [1.54, 1.807) is 4.90 Å². The molecule has 0 saturated carbocycles. The Kier molecular flexibility index (Phi) is 9.18. The first-order valence-corrected chi connectivity index (χ1v) is 13.9. The van der Waals surface area contributed by atoms with Crippen molar-refractivity contribution in [3.05, 3.63) is 94.5 Å². The zero-order valence-corrected chi connectivity index (χ0v) is 23.6. The highest BCUT2D eigenvalue weighted by molar-refractivity contribution is 5.94. The number of amides is 1. The predicted molar refractivity (Wildman–Crippen MR) is 149 cm³/mol. The van der Waals surface area contributed by atoms with Crippen LogP contribution in [0.25, 0.3) is 11.1 Å². The summed E-state index contributed by atoms with van der Waals surface area (Å²) in [5.74, 6) is -0.678. The number of hydrogen-bond donors (Lipinski definition) is 0. The van der Waals surface area contributed by atoms with E-state index >= 15 is 0 Å². The highest BCUT2D eigenvalue weighted by Gasteiger charge is 2.32. The summed E-state index contributed by atoms with van der Waals surface area (Å²) in [6, 6.07) is 14.8. The van der Waals surface area contributed by atoms with Crippen LogP contribution >= 0.6 is 0 Å². The van der Waals surface area contributed by atoms with Crippen LogP contribution in [0.3, 0.4) is 0 Å². The summed E-state index contributed by atoms with van der Waals surface area (Å²) >= 11 is 0. The third kappa shape index (κ3) is 7.41. The summed E-state index contributed by atoms with van der Waals surface area (Å²) in [6.45, 7) is 6.34. The molecule has 1 aliphatic heterocycles. The molecule has 1 heterocycles. The predicted octanol–water partition coefficient (Wildman–Crippen LogP) is 9.13. The topological polar surface area (TPSA) is 37.4 Å². The Bertz CT molecular complexity index is 1410. The summed E-state index contributed by atoms with van der Waals surface area (Å²) < 4.78 is 78.5. The second-order valence-electron chi connectivity index (χ2n) is 11.4. The molecular formula is C33H33F6NO2. The van der Waals surface area contributed by atoms with Crippen LogP contribution in [0.2, 0.25) is 0 Å². The average Bonchev–Trinajstić information content (AvgIpc) is 2.94. The highest BCUT2D eigenvalue weighted by Crippen LogP contribution is 2.37. The van der Waals surface area contributed by atoms with E-state index in [2.05, 4.69) is 0 Å². The zero-order valence-electron chi connectivity index (χ0n) is 23.6. The SMILES string of the molecule is CC(=O)C(CC(C)C)c1cc(-c2ccc(C(F)(F)F)cc2)cc(C2CCCN(C(=O)c3ccc(C(F)(F)F)cc3)C2)c1. The van der Waals surface area contributed by atoms with Crippen LogP contribution in [0.15, 0.2) is 66.7 Å². The first kappa shape index (κ1) is 31.3. The van der Waals surface area contributed by atoms with Crippen LogP contribution in [-0.4, -0.2) is 29.7 Å². The molecule has 3 aromatic carbocycles. The molecule has 224 valence electrons. The maximum absolute atomic E-state index is 13.2. The third-order valence-corrected chi connectivity index (χ3v) is 7.76. The van der Waals surface area contributed by atoms with Crippen LogP contribution in [-0.2, 0) is 17.1 Å². The van der Waals surface area contributed by atoms with E-state index in [0.29, 0.717) is 37.1 Å². The molecule has 0 bridgehead atoms. The number of carbonyl (C=O) groups excluding carboxylic acids is 2. The van der Waals surface area contributed by atoms with E-state index in [4.69, 9.17) is 0 Å². The van der Waals surface area contributed by atoms with Gasteiger partial charge in [-0.3, -0.25) is 9.59 Å². The van der Waals surface area contributed by atoms with Crippen molar-refractivity contribution in [3.8, 4) is 11.1 Å². The number of halogens is 6. The maximum Gasteiger partial charge on any atom is 0.416 e. The minimum absolute atomic E-state index is 0.0121. The smallest absolute Gasteiger partial charge is 0.338 e. The van der Waals surface area contributed by atoms with Crippen LogP contribution in [0.4, 0.5) is 26.3 Å². The molecule has 9 heteroatoms. The molecule has 0 spiro atoms. The standard InChI is InChI=1S/C33H33F6NO2/c1-20(2)15-30(21(3)41)27-17-25(22-6-10-28(11-7-22)32(34,35)36)16-26(18-27)24-5-4-14-40(19-24)31(42)23-8-12-29(13-9-23)33(37,38)39/h6-13,16-18,20,24,30H,4-5,14-15,19H2,1-3H3. The van der Waals surface area contributed by atoms with Gasteiger partial charge in [-0.05, 0) is 90.8 Å². The normalized spacial score (nSPS) is 16.9. The molecule has 3 nitrogen and oxygen atoms in total. The van der Waals surface area contributed by atoms with Crippen molar-refractivity contribution in [2.45, 2.75) is 64.2 Å². The van der Waals surface area contributed by atoms with Crippen LogP contribution in [0.5, 0.6) is 0 Å². The molecule has 1 amide bonds. The largest absolute Gasteiger partial charge is 0.416 e. The van der Waals surface area contributed by atoms with Crippen molar-refractivity contribution in [1.82, 2.24) is 4.90 Å². The van der Waals surface area contributed by atoms with E-state index in [-0.39, 0.29) is 29.1 Å². The number of piperidine rings is 1. The van der Waals surface area contributed by atoms with Gasteiger partial charge in [0.1, 0.15) is 5.78 Å². The number of benzene rings is 3. The number of ketones is 1. The van der Waals surface area contributed by atoms with Crippen molar-refractivity contribution in [2.75, 3.05) is 13.1 Å². The Labute approximate surface area is 241 Å². The summed E-state index contributed by atoms with van der Waals surface area (Å²) in [6.07, 6.45) is -6.95. The second-order valence-corrected chi connectivity index (χ2v) is 11.4. The van der Waals surface area contributed by atoms with E-state index < -0.39 is 29.4 Å². The Morgan fingerprint density at radius 3 is 1.93 bits per heavy atom. The fourth-order valence-electron chi connectivity index (χ4n) is 5.56. The van der Waals surface area contributed by atoms with Gasteiger partial charge in [-0.2, -0.15) is 26.3 Å². The monoisotopic (exact) mass is 589 g/mol. The number of carbonyl (C=O) groups is 2. The van der Waals surface area contributed by atoms with Gasteiger partial charge >= 0.3 is 12.4 Å². The first-order valence-electron chi connectivity index (χ1n) is 13.9. The lowest BCUT2D eigenvalue weighted by Crippen LogP contribution is -2.39. The van der Waals surface area contributed by atoms with E-state index in [1.165, 1.54) is 31.2 Å². The zero-order chi connectivity index (χ0) is 30.8. The molecule has 3 aromatic rings. The quantitative estimate of drug-likeness (QED) is 0.258. The van der Waals surface area contributed by atoms with Crippen LogP contribution in [0, 0.1) is 5.92 Å². The fourth-order valence-corrected chi connectivity index (χ4v) is 5.56. The number of rotatable bonds is 7. The lowest BCUT2D eigenvalue weighted by Gasteiger charge is -2.34. The highest BCUT2D eigenvalue weighted by atomic mass is 19.4. The molecule has 0 radical (unpaired) electrons. The Hall–Kier alpha value is -3.62. The molecule has 4 rings (SSSR count). The number of alkyl halides is 6. The average molecular weight is 590 g/mol. The third-order valence-electron chi connectivity index (χ3n) is 7.76. The van der Waals surface area contributed by atoms with Crippen molar-refractivity contribution in [1.29, 1.82) is 0 Å². The van der Waals surface area contributed by atoms with Gasteiger partial charge in [0.15, 0.2) is 0 Å². The van der Waals surface area contributed by atoms with Crippen LogP contribution < -0.4 is 0 Å². The van der Waals surface area contributed by atoms with Crippen molar-refractivity contribution >= 4 is 11.7 Å². The number of hydrogen-bond acceptors (Lipinski definition) is 2. The summed E-state index contributed by atoms with van der Waals surface area (Å²) in [5.41, 5.74) is 1.47. The molecule has 2 unspecified atom stereocenters. The first-order chi connectivity index (χ1) is 19.6. The van der Waals surface area contributed by atoms with Gasteiger partial charge in [-0.25, -0.2) is 0 Å². The summed E-state index contributed by atoms with van der Waals surface area (Å²) in [5, 5.41) is 0. The lowest BCUT2D eigenvalue weighted by molar-refractivity contribution is -0.138. The minimum atomic E-state index is -4.50. The number of nitrogens with zero attached hydrogens (tertiary/aromatic N) is 1. The number of likely N-dealkylation sites (tertiary alicyclic amines) is 1. The van der Waals surface area contributed by atoms with E-state index in [1.807, 2.05) is 32.0 Å². The Balaban J connectivity index is 1.68. The molecule has 0 aliphatic carbocycles. The minimum Gasteiger partial charge on any atom is -0.338 e. The van der Waals surface area contributed by atoms with Gasteiger partial charge in [0.05, 0.1) is 11.1 Å². The van der Waals surface area contributed by atoms with E-state index in [0.717, 1.165) is 41.8 Å². The van der Waals surface area contributed by atoms with Gasteiger partial charge < -0.3 is 4.90 Å². The molecule has 42 heavy (non-hydrogen) atoms. The summed E-state index contributed by atoms with van der Waals surface area (Å²) in [4.78, 5) is 27.6. The maximum atomic E-state index is 13.2.